The zero-order chi connectivity index (χ0) is 31.8. The van der Waals surface area contributed by atoms with Crippen molar-refractivity contribution >= 4 is 28.8 Å². The van der Waals surface area contributed by atoms with Crippen LogP contribution < -0.4 is 25.0 Å². The van der Waals surface area contributed by atoms with Gasteiger partial charge in [-0.25, -0.2) is 0 Å². The van der Waals surface area contributed by atoms with Gasteiger partial charge in [-0.2, -0.15) is 0 Å². The molecule has 0 aromatic heterocycles. The van der Waals surface area contributed by atoms with Crippen molar-refractivity contribution in [1.82, 2.24) is 15.5 Å². The van der Waals surface area contributed by atoms with Gasteiger partial charge < -0.3 is 29.9 Å². The highest BCUT2D eigenvalue weighted by molar-refractivity contribution is 6.32. The van der Waals surface area contributed by atoms with Crippen LogP contribution in [-0.2, 0) is 11.3 Å². The zero-order valence-electron chi connectivity index (χ0n) is 27.2. The first kappa shape index (κ1) is 31.1. The van der Waals surface area contributed by atoms with Gasteiger partial charge in [-0.3, -0.25) is 4.79 Å². The van der Waals surface area contributed by atoms with Gasteiger partial charge in [-0.1, -0.05) is 41.9 Å². The van der Waals surface area contributed by atoms with Gasteiger partial charge in [-0.05, 0) is 97.7 Å². The maximum absolute atomic E-state index is 14.6. The molecule has 3 atom stereocenters. The Hall–Kier alpha value is -3.52. The minimum atomic E-state index is 0.00343. The number of fused-ring (bicyclic) bond motifs is 2. The van der Waals surface area contributed by atoms with E-state index in [1.165, 1.54) is 11.3 Å². The Labute approximate surface area is 277 Å². The number of piperazine rings is 1. The molecule has 1 amide bonds. The van der Waals surface area contributed by atoms with E-state index >= 15 is 0 Å². The predicted molar refractivity (Wildman–Crippen MR) is 185 cm³/mol. The summed E-state index contributed by atoms with van der Waals surface area (Å²) in [7, 11) is 1.71. The van der Waals surface area contributed by atoms with Gasteiger partial charge in [0.05, 0.1) is 24.8 Å². The van der Waals surface area contributed by atoms with Crippen LogP contribution in [-0.4, -0.2) is 68.8 Å². The van der Waals surface area contributed by atoms with Gasteiger partial charge in [0.25, 0.3) is 5.91 Å². The van der Waals surface area contributed by atoms with Crippen molar-refractivity contribution in [1.29, 1.82) is 0 Å². The molecule has 1 aliphatic carbocycles. The Kier molecular flexibility index (Phi) is 8.99. The molecule has 3 aromatic rings. The van der Waals surface area contributed by atoms with E-state index in [-0.39, 0.29) is 18.0 Å². The number of ether oxygens (including phenoxy) is 2. The minimum absolute atomic E-state index is 0.00343. The number of carbonyl (C=O) groups is 1. The van der Waals surface area contributed by atoms with Crippen LogP contribution >= 0.6 is 11.6 Å². The first-order valence-electron chi connectivity index (χ1n) is 16.8. The van der Waals surface area contributed by atoms with Crippen LogP contribution in [0.25, 0.3) is 5.57 Å². The molecular formula is C38H45ClN4O3. The maximum Gasteiger partial charge on any atom is 0.252 e. The SMILES string of the molecule is COc1cccc(CN(C(=O)C2=C(c3ccc(N4CC[C@@H](COc5ccc(C)cc5Cl)C4)cc3)C[C@@H]3CNC[C@H]2N3)C2CC2)c1C. The van der Waals surface area contributed by atoms with E-state index in [0.29, 0.717) is 30.1 Å². The van der Waals surface area contributed by atoms with Crippen LogP contribution in [0.4, 0.5) is 5.69 Å². The normalized spacial score (nSPS) is 22.6. The Morgan fingerprint density at radius 3 is 2.61 bits per heavy atom. The second-order valence-corrected chi connectivity index (χ2v) is 13.9. The van der Waals surface area contributed by atoms with E-state index in [0.717, 1.165) is 91.2 Å². The van der Waals surface area contributed by atoms with Crippen LogP contribution in [0.2, 0.25) is 5.02 Å². The van der Waals surface area contributed by atoms with Gasteiger partial charge >= 0.3 is 0 Å². The van der Waals surface area contributed by atoms with Crippen molar-refractivity contribution in [3.63, 3.8) is 0 Å². The molecule has 2 N–H and O–H groups in total. The second-order valence-electron chi connectivity index (χ2n) is 13.5. The summed E-state index contributed by atoms with van der Waals surface area (Å²) in [5.41, 5.74) is 7.88. The Bertz CT molecular complexity index is 1620. The van der Waals surface area contributed by atoms with Crippen molar-refractivity contribution in [2.24, 2.45) is 5.92 Å². The van der Waals surface area contributed by atoms with E-state index in [4.69, 9.17) is 21.1 Å². The second kappa shape index (κ2) is 13.3. The van der Waals surface area contributed by atoms with Crippen LogP contribution in [0.3, 0.4) is 0 Å². The number of rotatable bonds is 10. The molecule has 3 aromatic carbocycles. The highest BCUT2D eigenvalue weighted by atomic mass is 35.5. The molecule has 2 saturated heterocycles. The molecule has 4 aliphatic rings. The fourth-order valence-corrected chi connectivity index (χ4v) is 7.68. The lowest BCUT2D eigenvalue weighted by atomic mass is 9.83. The van der Waals surface area contributed by atoms with Crippen molar-refractivity contribution in [3.8, 4) is 11.5 Å². The maximum atomic E-state index is 14.6. The van der Waals surface area contributed by atoms with E-state index in [1.807, 2.05) is 37.3 Å². The van der Waals surface area contributed by atoms with E-state index in [2.05, 4.69) is 57.7 Å². The number of halogens is 1. The molecule has 46 heavy (non-hydrogen) atoms. The van der Waals surface area contributed by atoms with Crippen molar-refractivity contribution in [3.05, 3.63) is 93.5 Å². The number of anilines is 1. The summed E-state index contributed by atoms with van der Waals surface area (Å²) in [6.07, 6.45) is 4.04. The molecule has 7 rings (SSSR count). The number of benzene rings is 3. The lowest BCUT2D eigenvalue weighted by Crippen LogP contribution is -2.60. The molecule has 0 spiro atoms. The topological polar surface area (TPSA) is 66.1 Å². The highest BCUT2D eigenvalue weighted by Crippen LogP contribution is 2.38. The Balaban J connectivity index is 1.10. The van der Waals surface area contributed by atoms with Crippen LogP contribution in [0, 0.1) is 19.8 Å². The first-order valence-corrected chi connectivity index (χ1v) is 17.1. The van der Waals surface area contributed by atoms with Gasteiger partial charge in [-0.15, -0.1) is 0 Å². The van der Waals surface area contributed by atoms with Crippen LogP contribution in [0.5, 0.6) is 11.5 Å². The third-order valence-electron chi connectivity index (χ3n) is 10.2. The summed E-state index contributed by atoms with van der Waals surface area (Å²) < 4.78 is 11.7. The summed E-state index contributed by atoms with van der Waals surface area (Å²) in [5, 5.41) is 8.01. The molecule has 0 unspecified atom stereocenters. The molecule has 3 aliphatic heterocycles. The quantitative estimate of drug-likeness (QED) is 0.277. The number of nitrogens with one attached hydrogen (secondary N) is 2. The Morgan fingerprint density at radius 1 is 1.02 bits per heavy atom. The number of hydrogen-bond acceptors (Lipinski definition) is 6. The number of methoxy groups -OCH3 is 1. The zero-order valence-corrected chi connectivity index (χ0v) is 27.9. The van der Waals surface area contributed by atoms with Gasteiger partial charge in [0.1, 0.15) is 11.5 Å². The number of amides is 1. The third kappa shape index (κ3) is 6.51. The summed E-state index contributed by atoms with van der Waals surface area (Å²) in [5.74, 6) is 2.24. The largest absolute Gasteiger partial charge is 0.496 e. The number of nitrogens with zero attached hydrogens (tertiary/aromatic N) is 2. The monoisotopic (exact) mass is 640 g/mol. The molecular weight excluding hydrogens is 596 g/mol. The predicted octanol–water partition coefficient (Wildman–Crippen LogP) is 6.15. The minimum Gasteiger partial charge on any atom is -0.496 e. The third-order valence-corrected chi connectivity index (χ3v) is 10.5. The fraction of sp³-hybridized carbons (Fsp3) is 0.447. The smallest absolute Gasteiger partial charge is 0.252 e. The molecule has 7 nitrogen and oxygen atoms in total. The molecule has 8 heteroatoms. The van der Waals surface area contributed by atoms with Crippen molar-refractivity contribution in [2.45, 2.75) is 64.2 Å². The lowest BCUT2D eigenvalue weighted by Gasteiger charge is -2.41. The molecule has 3 heterocycles. The summed E-state index contributed by atoms with van der Waals surface area (Å²) >= 11 is 6.39. The molecule has 242 valence electrons. The summed E-state index contributed by atoms with van der Waals surface area (Å²) in [6.45, 7) is 9.01. The van der Waals surface area contributed by atoms with Gasteiger partial charge in [0.15, 0.2) is 0 Å². The summed E-state index contributed by atoms with van der Waals surface area (Å²) in [6, 6.07) is 21.6. The van der Waals surface area contributed by atoms with Crippen LogP contribution in [0.15, 0.2) is 66.2 Å². The lowest BCUT2D eigenvalue weighted by molar-refractivity contribution is -0.128. The van der Waals surface area contributed by atoms with Gasteiger partial charge in [0.2, 0.25) is 0 Å². The molecule has 2 bridgehead atoms. The average Bonchev–Trinajstić information content (AvgIpc) is 3.79. The average molecular weight is 641 g/mol. The first-order chi connectivity index (χ1) is 22.4. The van der Waals surface area contributed by atoms with Crippen molar-refractivity contribution < 1.29 is 14.3 Å². The Morgan fingerprint density at radius 2 is 1.85 bits per heavy atom. The molecule has 3 fully saturated rings. The van der Waals surface area contributed by atoms with E-state index in [9.17, 15) is 4.79 Å². The summed E-state index contributed by atoms with van der Waals surface area (Å²) in [4.78, 5) is 19.2. The van der Waals surface area contributed by atoms with Crippen molar-refractivity contribution in [2.75, 3.05) is 44.8 Å². The van der Waals surface area contributed by atoms with E-state index < -0.39 is 0 Å². The fourth-order valence-electron chi connectivity index (χ4n) is 7.39. The molecule has 0 radical (unpaired) electrons. The number of hydrogen-bond donors (Lipinski definition) is 2. The van der Waals surface area contributed by atoms with E-state index in [1.54, 1.807) is 7.11 Å². The highest BCUT2D eigenvalue weighted by Gasteiger charge is 2.41. The van der Waals surface area contributed by atoms with Gasteiger partial charge in [0, 0.05) is 62.0 Å². The standard InChI is InChI=1S/C38H45ClN4O3/c1-24-7-14-36(33(39)17-24)46-23-26-15-16-42(21-26)30-10-8-27(9-11-30)32-18-29-19-40-20-34(41-29)37(32)38(44)43(31-12-13-31)22-28-5-4-6-35(45-3)25(28)2/h4-11,14,17,26,29,31,34,40-41H,12-13,15-16,18-23H2,1-3H3/t26-,29-,34-/m1/s1. The number of aryl methyl sites for hydroxylation is 1. The van der Waals surface area contributed by atoms with Crippen LogP contribution in [0.1, 0.15) is 47.9 Å². The molecule has 1 saturated carbocycles. The number of carbonyl (C=O) groups excluding carboxylic acids is 1.